The number of oxime groups is 1. The van der Waals surface area contributed by atoms with E-state index >= 15 is 0 Å². The predicted molar refractivity (Wildman–Crippen MR) is 60.4 cm³/mol. The lowest BCUT2D eigenvalue weighted by Gasteiger charge is -2.03. The third-order valence-corrected chi connectivity index (χ3v) is 2.32. The molecule has 1 aromatic rings. The van der Waals surface area contributed by atoms with Gasteiger partial charge in [0.05, 0.1) is 6.42 Å². The Labute approximate surface area is 93.2 Å². The Morgan fingerprint density at radius 3 is 2.73 bits per heavy atom. The van der Waals surface area contributed by atoms with E-state index in [2.05, 4.69) is 17.8 Å². The molecule has 0 spiro atoms. The number of carbonyl (C=O) groups is 1. The summed E-state index contributed by atoms with van der Waals surface area (Å²) in [7, 11) is 0. The van der Waals surface area contributed by atoms with Gasteiger partial charge < -0.3 is 10.9 Å². The molecule has 0 aliphatic heterocycles. The van der Waals surface area contributed by atoms with E-state index in [1.54, 1.807) is 0 Å². The van der Waals surface area contributed by atoms with Gasteiger partial charge in [-0.25, -0.2) is 0 Å². The van der Waals surface area contributed by atoms with Crippen molar-refractivity contribution in [1.29, 1.82) is 0 Å². The number of benzene rings is 1. The molecule has 0 radical (unpaired) electrons. The highest BCUT2D eigenvalue weighted by atomic mass is 32.1. The lowest BCUT2D eigenvalue weighted by Crippen LogP contribution is -2.18. The highest BCUT2D eigenvalue weighted by Crippen LogP contribution is 2.14. The molecule has 0 aliphatic rings. The van der Waals surface area contributed by atoms with Crippen LogP contribution in [0.3, 0.4) is 0 Å². The molecule has 0 aromatic heterocycles. The number of amidine groups is 1. The topological polar surface area (TPSA) is 75.7 Å². The summed E-state index contributed by atoms with van der Waals surface area (Å²) in [6.45, 7) is 0. The minimum atomic E-state index is -0.105. The molecule has 80 valence electrons. The molecule has 0 saturated heterocycles. The van der Waals surface area contributed by atoms with Crippen LogP contribution < -0.4 is 5.73 Å². The summed E-state index contributed by atoms with van der Waals surface area (Å²) in [5, 5.41) is 11.0. The molecule has 0 amide bonds. The molecule has 0 atom stereocenters. The standard InChI is InChI=1S/C10H12N2O2S/c11-10(12-14)6-8(13)5-7-3-1-2-4-9(7)15/h1-4,14-15H,5-6H2,(H2,11,12). The zero-order valence-corrected chi connectivity index (χ0v) is 8.95. The second kappa shape index (κ2) is 5.41. The van der Waals surface area contributed by atoms with Gasteiger partial charge >= 0.3 is 0 Å². The fraction of sp³-hybridized carbons (Fsp3) is 0.200. The van der Waals surface area contributed by atoms with Crippen molar-refractivity contribution in [2.75, 3.05) is 0 Å². The average molecular weight is 224 g/mol. The quantitative estimate of drug-likeness (QED) is 0.237. The third kappa shape index (κ3) is 3.63. The van der Waals surface area contributed by atoms with E-state index in [0.29, 0.717) is 0 Å². The van der Waals surface area contributed by atoms with Crippen LogP contribution in [-0.4, -0.2) is 16.8 Å². The number of hydrogen-bond donors (Lipinski definition) is 3. The Morgan fingerprint density at radius 1 is 1.47 bits per heavy atom. The molecule has 0 saturated carbocycles. The van der Waals surface area contributed by atoms with Crippen LogP contribution in [0.2, 0.25) is 0 Å². The van der Waals surface area contributed by atoms with Gasteiger partial charge in [-0.05, 0) is 11.6 Å². The zero-order valence-electron chi connectivity index (χ0n) is 8.05. The maximum Gasteiger partial charge on any atom is 0.146 e. The smallest absolute Gasteiger partial charge is 0.146 e. The number of thiol groups is 1. The normalized spacial score (nSPS) is 11.4. The van der Waals surface area contributed by atoms with Crippen LogP contribution in [0.25, 0.3) is 0 Å². The number of ketones is 1. The fourth-order valence-electron chi connectivity index (χ4n) is 1.17. The SMILES string of the molecule is N/C(CC(=O)Cc1ccccc1S)=N\O. The number of carbonyl (C=O) groups excluding carboxylic acids is 1. The monoisotopic (exact) mass is 224 g/mol. The first kappa shape index (κ1) is 11.6. The van der Waals surface area contributed by atoms with Gasteiger partial charge in [0.1, 0.15) is 11.6 Å². The summed E-state index contributed by atoms with van der Waals surface area (Å²) in [4.78, 5) is 12.2. The first-order valence-corrected chi connectivity index (χ1v) is 4.83. The maximum absolute atomic E-state index is 11.4. The molecule has 1 rings (SSSR count). The van der Waals surface area contributed by atoms with Gasteiger partial charge in [0.2, 0.25) is 0 Å². The van der Waals surface area contributed by atoms with Crippen molar-refractivity contribution in [2.45, 2.75) is 17.7 Å². The summed E-state index contributed by atoms with van der Waals surface area (Å²) < 4.78 is 0. The van der Waals surface area contributed by atoms with Crippen LogP contribution >= 0.6 is 12.6 Å². The van der Waals surface area contributed by atoms with Crippen LogP contribution in [0.1, 0.15) is 12.0 Å². The van der Waals surface area contributed by atoms with Gasteiger partial charge in [0.15, 0.2) is 0 Å². The Balaban J connectivity index is 2.63. The second-order valence-electron chi connectivity index (χ2n) is 3.11. The maximum atomic E-state index is 11.4. The summed E-state index contributed by atoms with van der Waals surface area (Å²) in [5.74, 6) is -0.177. The van der Waals surface area contributed by atoms with E-state index in [1.165, 1.54) is 0 Å². The van der Waals surface area contributed by atoms with Crippen LogP contribution in [0.4, 0.5) is 0 Å². The Bertz CT molecular complexity index is 391. The van der Waals surface area contributed by atoms with Crippen molar-refractivity contribution in [3.8, 4) is 0 Å². The van der Waals surface area contributed by atoms with Gasteiger partial charge in [0, 0.05) is 11.3 Å². The van der Waals surface area contributed by atoms with Gasteiger partial charge in [-0.15, -0.1) is 12.6 Å². The lowest BCUT2D eigenvalue weighted by molar-refractivity contribution is -0.117. The molecule has 0 fully saturated rings. The Morgan fingerprint density at radius 2 is 2.13 bits per heavy atom. The summed E-state index contributed by atoms with van der Waals surface area (Å²) in [5.41, 5.74) is 6.07. The van der Waals surface area contributed by atoms with Crippen molar-refractivity contribution in [3.05, 3.63) is 29.8 Å². The molecule has 1 aromatic carbocycles. The third-order valence-electron chi connectivity index (χ3n) is 1.89. The van der Waals surface area contributed by atoms with Crippen LogP contribution in [0, 0.1) is 0 Å². The molecular formula is C10H12N2O2S. The van der Waals surface area contributed by atoms with Crippen LogP contribution in [0.15, 0.2) is 34.3 Å². The van der Waals surface area contributed by atoms with Crippen LogP contribution in [-0.2, 0) is 11.2 Å². The van der Waals surface area contributed by atoms with E-state index in [0.717, 1.165) is 10.5 Å². The van der Waals surface area contributed by atoms with Crippen molar-refractivity contribution >= 4 is 24.2 Å². The minimum Gasteiger partial charge on any atom is -0.409 e. The van der Waals surface area contributed by atoms with Crippen molar-refractivity contribution in [2.24, 2.45) is 10.9 Å². The lowest BCUT2D eigenvalue weighted by atomic mass is 10.1. The molecule has 3 N–H and O–H groups in total. The minimum absolute atomic E-state index is 0.0430. The van der Waals surface area contributed by atoms with Crippen molar-refractivity contribution < 1.29 is 10.0 Å². The van der Waals surface area contributed by atoms with E-state index in [-0.39, 0.29) is 24.5 Å². The van der Waals surface area contributed by atoms with E-state index < -0.39 is 0 Å². The number of rotatable bonds is 4. The molecule has 15 heavy (non-hydrogen) atoms. The van der Waals surface area contributed by atoms with Gasteiger partial charge in [0.25, 0.3) is 0 Å². The molecular weight excluding hydrogens is 212 g/mol. The molecule has 0 bridgehead atoms. The van der Waals surface area contributed by atoms with Gasteiger partial charge in [-0.2, -0.15) is 0 Å². The molecule has 5 heteroatoms. The summed E-state index contributed by atoms with van der Waals surface area (Å²) in [6.07, 6.45) is 0.203. The highest BCUT2D eigenvalue weighted by Gasteiger charge is 2.08. The largest absolute Gasteiger partial charge is 0.409 e. The highest BCUT2D eigenvalue weighted by molar-refractivity contribution is 7.80. The predicted octanol–water partition coefficient (Wildman–Crippen LogP) is 1.22. The van der Waals surface area contributed by atoms with Gasteiger partial charge in [-0.1, -0.05) is 23.4 Å². The van der Waals surface area contributed by atoms with Crippen molar-refractivity contribution in [1.82, 2.24) is 0 Å². The van der Waals surface area contributed by atoms with Gasteiger partial charge in [-0.3, -0.25) is 4.79 Å². The zero-order chi connectivity index (χ0) is 11.3. The Hall–Kier alpha value is -1.49. The summed E-state index contributed by atoms with van der Waals surface area (Å²) >= 11 is 4.22. The number of nitrogens with zero attached hydrogens (tertiary/aromatic N) is 1. The molecule has 0 unspecified atom stereocenters. The first-order valence-electron chi connectivity index (χ1n) is 4.38. The number of Topliss-reactive ketones (excluding diaryl/α,β-unsaturated/α-hetero) is 1. The molecule has 4 nitrogen and oxygen atoms in total. The van der Waals surface area contributed by atoms with Crippen LogP contribution in [0.5, 0.6) is 0 Å². The molecule has 0 heterocycles. The second-order valence-corrected chi connectivity index (χ2v) is 3.59. The van der Waals surface area contributed by atoms with Crippen molar-refractivity contribution in [3.63, 3.8) is 0 Å². The number of hydrogen-bond acceptors (Lipinski definition) is 4. The molecule has 0 aliphatic carbocycles. The summed E-state index contributed by atoms with van der Waals surface area (Å²) in [6, 6.07) is 7.33. The van der Waals surface area contributed by atoms with E-state index in [1.807, 2.05) is 24.3 Å². The number of nitrogens with two attached hydrogens (primary N) is 1. The van der Waals surface area contributed by atoms with E-state index in [9.17, 15) is 4.79 Å². The fourth-order valence-corrected chi connectivity index (χ4v) is 1.41. The Kier molecular flexibility index (Phi) is 4.17. The first-order chi connectivity index (χ1) is 7.13. The average Bonchev–Trinajstić information content (AvgIpc) is 2.21. The van der Waals surface area contributed by atoms with E-state index in [4.69, 9.17) is 10.9 Å².